The van der Waals surface area contributed by atoms with Crippen molar-refractivity contribution in [2.45, 2.75) is 57.5 Å². The molecule has 4 nitrogen and oxygen atoms in total. The van der Waals surface area contributed by atoms with Gasteiger partial charge in [0.2, 0.25) is 5.91 Å². The van der Waals surface area contributed by atoms with Crippen LogP contribution in [0.4, 0.5) is 0 Å². The molecule has 0 bridgehead atoms. The summed E-state index contributed by atoms with van der Waals surface area (Å²) < 4.78 is 0. The lowest BCUT2D eigenvalue weighted by molar-refractivity contribution is -0.136. The minimum Gasteiger partial charge on any atom is -0.341 e. The molecule has 2 amide bonds. The zero-order chi connectivity index (χ0) is 18.8. The van der Waals surface area contributed by atoms with Crippen molar-refractivity contribution < 1.29 is 9.59 Å². The van der Waals surface area contributed by atoms with Crippen molar-refractivity contribution in [2.75, 3.05) is 13.6 Å². The summed E-state index contributed by atoms with van der Waals surface area (Å²) in [4.78, 5) is 29.6. The Morgan fingerprint density at radius 2 is 1.77 bits per heavy atom. The van der Waals surface area contributed by atoms with Crippen molar-refractivity contribution in [3.05, 3.63) is 33.8 Å². The molecule has 1 aromatic rings. The Kier molecular flexibility index (Phi) is 6.13. The molecule has 0 spiro atoms. The van der Waals surface area contributed by atoms with Gasteiger partial charge in [-0.15, -0.1) is 0 Å². The standard InChI is InChI=1S/C20H26Cl2N2O2/c1-13-5-8-15(9-6-13)23(2)20(26)18-4-3-11-24(18)19(25)14-7-10-16(21)17(22)12-14/h7,10,12-13,15,18H,3-6,8-9,11H2,1-2H3. The summed E-state index contributed by atoms with van der Waals surface area (Å²) in [6.07, 6.45) is 6.00. The van der Waals surface area contributed by atoms with E-state index < -0.39 is 0 Å². The second-order valence-electron chi connectivity index (χ2n) is 7.65. The SMILES string of the molecule is CC1CCC(N(C)C(=O)C2CCCN2C(=O)c2ccc(Cl)c(Cl)c2)CC1. The number of hydrogen-bond donors (Lipinski definition) is 0. The quantitative estimate of drug-likeness (QED) is 0.746. The zero-order valence-electron chi connectivity index (χ0n) is 15.4. The minimum atomic E-state index is -0.374. The Bertz CT molecular complexity index is 686. The van der Waals surface area contributed by atoms with E-state index in [-0.39, 0.29) is 17.9 Å². The summed E-state index contributed by atoms with van der Waals surface area (Å²) in [5.41, 5.74) is 0.480. The van der Waals surface area contributed by atoms with E-state index in [9.17, 15) is 9.59 Å². The molecule has 1 unspecified atom stereocenters. The molecule has 6 heteroatoms. The van der Waals surface area contributed by atoms with Crippen LogP contribution < -0.4 is 0 Å². The van der Waals surface area contributed by atoms with Crippen molar-refractivity contribution >= 4 is 35.0 Å². The molecular weight excluding hydrogens is 371 g/mol. The molecule has 1 atom stereocenters. The van der Waals surface area contributed by atoms with Gasteiger partial charge in [0.05, 0.1) is 10.0 Å². The van der Waals surface area contributed by atoms with Crippen LogP contribution in [0, 0.1) is 5.92 Å². The van der Waals surface area contributed by atoms with Gasteiger partial charge in [-0.1, -0.05) is 30.1 Å². The van der Waals surface area contributed by atoms with Crippen LogP contribution in [0.25, 0.3) is 0 Å². The first-order chi connectivity index (χ1) is 12.4. The molecule has 0 aromatic heterocycles. The van der Waals surface area contributed by atoms with E-state index in [4.69, 9.17) is 23.2 Å². The predicted molar refractivity (Wildman–Crippen MR) is 105 cm³/mol. The van der Waals surface area contributed by atoms with Crippen molar-refractivity contribution in [2.24, 2.45) is 5.92 Å². The van der Waals surface area contributed by atoms with Crippen molar-refractivity contribution in [1.82, 2.24) is 9.80 Å². The monoisotopic (exact) mass is 396 g/mol. The van der Waals surface area contributed by atoms with Gasteiger partial charge in [-0.2, -0.15) is 0 Å². The average molecular weight is 397 g/mol. The Hall–Kier alpha value is -1.26. The lowest BCUT2D eigenvalue weighted by atomic mass is 9.86. The second kappa shape index (κ2) is 8.18. The third kappa shape index (κ3) is 4.01. The maximum Gasteiger partial charge on any atom is 0.254 e. The molecule has 1 aliphatic heterocycles. The Labute approximate surface area is 165 Å². The lowest BCUT2D eigenvalue weighted by Crippen LogP contribution is -2.50. The van der Waals surface area contributed by atoms with Crippen LogP contribution in [-0.4, -0.2) is 47.3 Å². The van der Waals surface area contributed by atoms with Gasteiger partial charge in [0.25, 0.3) is 5.91 Å². The van der Waals surface area contributed by atoms with E-state index in [2.05, 4.69) is 6.92 Å². The fraction of sp³-hybridized carbons (Fsp3) is 0.600. The van der Waals surface area contributed by atoms with Gasteiger partial charge in [0, 0.05) is 25.2 Å². The van der Waals surface area contributed by atoms with Crippen molar-refractivity contribution in [1.29, 1.82) is 0 Å². The van der Waals surface area contributed by atoms with Gasteiger partial charge in [0.1, 0.15) is 6.04 Å². The van der Waals surface area contributed by atoms with Gasteiger partial charge in [0.15, 0.2) is 0 Å². The number of likely N-dealkylation sites (N-methyl/N-ethyl adjacent to an activating group) is 1. The zero-order valence-corrected chi connectivity index (χ0v) is 16.9. The Morgan fingerprint density at radius 1 is 1.08 bits per heavy atom. The highest BCUT2D eigenvalue weighted by Crippen LogP contribution is 2.30. The van der Waals surface area contributed by atoms with E-state index >= 15 is 0 Å². The van der Waals surface area contributed by atoms with Crippen LogP contribution in [-0.2, 0) is 4.79 Å². The van der Waals surface area contributed by atoms with Gasteiger partial charge < -0.3 is 9.80 Å². The number of benzene rings is 1. The van der Waals surface area contributed by atoms with Crippen LogP contribution >= 0.6 is 23.2 Å². The van der Waals surface area contributed by atoms with Gasteiger partial charge >= 0.3 is 0 Å². The van der Waals surface area contributed by atoms with Crippen LogP contribution in [0.3, 0.4) is 0 Å². The summed E-state index contributed by atoms with van der Waals surface area (Å²) in [5.74, 6) is 0.662. The van der Waals surface area contributed by atoms with Gasteiger partial charge in [-0.3, -0.25) is 9.59 Å². The minimum absolute atomic E-state index is 0.0652. The largest absolute Gasteiger partial charge is 0.341 e. The molecule has 2 fully saturated rings. The average Bonchev–Trinajstić information content (AvgIpc) is 3.12. The van der Waals surface area contributed by atoms with E-state index in [1.807, 2.05) is 11.9 Å². The molecule has 0 N–H and O–H groups in total. The third-order valence-electron chi connectivity index (χ3n) is 5.85. The first-order valence-electron chi connectivity index (χ1n) is 9.41. The molecule has 1 saturated heterocycles. The number of amides is 2. The molecule has 2 aliphatic rings. The Morgan fingerprint density at radius 3 is 2.42 bits per heavy atom. The molecule has 1 saturated carbocycles. The fourth-order valence-electron chi connectivity index (χ4n) is 4.11. The number of carbonyl (C=O) groups excluding carboxylic acids is 2. The molecule has 1 aromatic carbocycles. The third-order valence-corrected chi connectivity index (χ3v) is 6.59. The molecular formula is C20H26Cl2N2O2. The number of carbonyl (C=O) groups is 2. The molecule has 3 rings (SSSR count). The van der Waals surface area contributed by atoms with Gasteiger partial charge in [-0.25, -0.2) is 0 Å². The van der Waals surface area contributed by atoms with Crippen LogP contribution in [0.2, 0.25) is 10.0 Å². The summed E-state index contributed by atoms with van der Waals surface area (Å²) in [5, 5.41) is 0.775. The molecule has 1 aliphatic carbocycles. The highest BCUT2D eigenvalue weighted by atomic mass is 35.5. The van der Waals surface area contributed by atoms with Crippen LogP contribution in [0.15, 0.2) is 18.2 Å². The number of rotatable bonds is 3. The van der Waals surface area contributed by atoms with E-state index in [1.54, 1.807) is 23.1 Å². The molecule has 0 radical (unpaired) electrons. The van der Waals surface area contributed by atoms with Crippen molar-refractivity contribution in [3.63, 3.8) is 0 Å². The van der Waals surface area contributed by atoms with Crippen LogP contribution in [0.1, 0.15) is 55.8 Å². The first-order valence-corrected chi connectivity index (χ1v) is 10.2. The van der Waals surface area contributed by atoms with Gasteiger partial charge in [-0.05, 0) is 62.6 Å². The second-order valence-corrected chi connectivity index (χ2v) is 8.46. The summed E-state index contributed by atoms with van der Waals surface area (Å²) in [6, 6.07) is 4.79. The Balaban J connectivity index is 1.71. The highest BCUT2D eigenvalue weighted by molar-refractivity contribution is 6.42. The maximum atomic E-state index is 13.1. The maximum absolute atomic E-state index is 13.1. The van der Waals surface area contributed by atoms with Crippen LogP contribution in [0.5, 0.6) is 0 Å². The fourth-order valence-corrected chi connectivity index (χ4v) is 4.40. The number of hydrogen-bond acceptors (Lipinski definition) is 2. The van der Waals surface area contributed by atoms with E-state index in [0.717, 1.165) is 31.6 Å². The molecule has 142 valence electrons. The highest BCUT2D eigenvalue weighted by Gasteiger charge is 2.38. The topological polar surface area (TPSA) is 40.6 Å². The summed E-state index contributed by atoms with van der Waals surface area (Å²) >= 11 is 12.0. The number of nitrogens with zero attached hydrogens (tertiary/aromatic N) is 2. The summed E-state index contributed by atoms with van der Waals surface area (Å²) in [6.45, 7) is 2.87. The number of likely N-dealkylation sites (tertiary alicyclic amines) is 1. The van der Waals surface area contributed by atoms with E-state index in [0.29, 0.717) is 28.2 Å². The van der Waals surface area contributed by atoms with E-state index in [1.165, 1.54) is 12.8 Å². The molecule has 26 heavy (non-hydrogen) atoms. The smallest absolute Gasteiger partial charge is 0.254 e. The van der Waals surface area contributed by atoms with Crippen molar-refractivity contribution in [3.8, 4) is 0 Å². The first kappa shape index (κ1) is 19.5. The normalized spacial score (nSPS) is 26.0. The number of halogens is 2. The lowest BCUT2D eigenvalue weighted by Gasteiger charge is -2.36. The summed E-state index contributed by atoms with van der Waals surface area (Å²) in [7, 11) is 1.89. The predicted octanol–water partition coefficient (Wildman–Crippen LogP) is 4.64. The molecule has 1 heterocycles.